The van der Waals surface area contributed by atoms with Crippen LogP contribution >= 0.6 is 11.8 Å². The van der Waals surface area contributed by atoms with Crippen LogP contribution in [0.2, 0.25) is 0 Å². The normalized spacial score (nSPS) is 11.7. The lowest BCUT2D eigenvalue weighted by molar-refractivity contribution is -0.153. The summed E-state index contributed by atoms with van der Waals surface area (Å²) in [6, 6.07) is 11.6. The number of carbonyl (C=O) groups is 1. The Hall–Kier alpha value is -3.58. The number of aryl methyl sites for hydroxylation is 1. The van der Waals surface area contributed by atoms with E-state index >= 15 is 0 Å². The first-order chi connectivity index (χ1) is 17.8. The van der Waals surface area contributed by atoms with Crippen molar-refractivity contribution in [2.24, 2.45) is 4.99 Å². The number of halogens is 3. The van der Waals surface area contributed by atoms with Crippen molar-refractivity contribution in [3.05, 3.63) is 77.1 Å². The Morgan fingerprint density at radius 1 is 1.18 bits per heavy atom. The van der Waals surface area contributed by atoms with Crippen LogP contribution < -0.4 is 9.04 Å². The lowest BCUT2D eigenvalue weighted by atomic mass is 10.1. The number of aromatic nitrogens is 1. The highest BCUT2D eigenvalue weighted by molar-refractivity contribution is 8.00. The third-order valence-corrected chi connectivity index (χ3v) is 8.40. The number of aliphatic imine (C=N–C) groups is 1. The van der Waals surface area contributed by atoms with Gasteiger partial charge in [0.2, 0.25) is 0 Å². The number of anilines is 1. The monoisotopic (exact) mass is 567 g/mol. The quantitative estimate of drug-likeness (QED) is 0.232. The number of hydrogen-bond acceptors (Lipinski definition) is 7. The van der Waals surface area contributed by atoms with Gasteiger partial charge in [-0.25, -0.2) is 13.2 Å². The van der Waals surface area contributed by atoms with Crippen molar-refractivity contribution in [1.29, 1.82) is 0 Å². The Morgan fingerprint density at radius 2 is 1.89 bits per heavy atom. The SMILES string of the molecule is C=Nc1ccccc1N(CSCc1nccc(OCC(F)(F)F)c1C)S(=O)(=O)c1cc(C(=O)O)ccc1C. The third kappa shape index (κ3) is 6.84. The van der Waals surface area contributed by atoms with Gasteiger partial charge >= 0.3 is 12.1 Å². The molecule has 3 aromatic rings. The summed E-state index contributed by atoms with van der Waals surface area (Å²) >= 11 is 1.14. The molecule has 38 heavy (non-hydrogen) atoms. The van der Waals surface area contributed by atoms with Crippen LogP contribution in [0, 0.1) is 13.8 Å². The van der Waals surface area contributed by atoms with Crippen molar-refractivity contribution in [2.45, 2.75) is 30.7 Å². The number of carboxylic acids is 1. The molecule has 0 spiro atoms. The molecule has 1 heterocycles. The number of thioether (sulfide) groups is 1. The number of rotatable bonds is 11. The number of pyridine rings is 1. The maximum Gasteiger partial charge on any atom is 0.422 e. The Labute approximate surface area is 222 Å². The van der Waals surface area contributed by atoms with Crippen molar-refractivity contribution in [3.63, 3.8) is 0 Å². The molecule has 0 amide bonds. The topological polar surface area (TPSA) is 109 Å². The number of benzene rings is 2. The zero-order valence-electron chi connectivity index (χ0n) is 20.4. The average Bonchev–Trinajstić information content (AvgIpc) is 2.86. The highest BCUT2D eigenvalue weighted by Crippen LogP contribution is 2.35. The van der Waals surface area contributed by atoms with Gasteiger partial charge in [0, 0.05) is 17.5 Å². The van der Waals surface area contributed by atoms with Gasteiger partial charge in [0.05, 0.1) is 33.4 Å². The molecule has 0 aliphatic rings. The molecule has 202 valence electrons. The molecule has 0 radical (unpaired) electrons. The van der Waals surface area contributed by atoms with Gasteiger partial charge in [-0.3, -0.25) is 14.3 Å². The number of sulfonamides is 1. The molecule has 1 N–H and O–H groups in total. The van der Waals surface area contributed by atoms with Crippen molar-refractivity contribution >= 4 is 45.8 Å². The van der Waals surface area contributed by atoms with E-state index in [4.69, 9.17) is 4.74 Å². The minimum atomic E-state index is -4.50. The summed E-state index contributed by atoms with van der Waals surface area (Å²) in [6.45, 7) is 5.19. The Morgan fingerprint density at radius 3 is 2.55 bits per heavy atom. The molecule has 13 heteroatoms. The van der Waals surface area contributed by atoms with Gasteiger partial charge in [0.1, 0.15) is 5.75 Å². The fourth-order valence-electron chi connectivity index (χ4n) is 3.45. The largest absolute Gasteiger partial charge is 0.484 e. The number of carboxylic acid groups (broad SMARTS) is 1. The molecule has 8 nitrogen and oxygen atoms in total. The van der Waals surface area contributed by atoms with Crippen LogP contribution in [0.25, 0.3) is 0 Å². The zero-order valence-corrected chi connectivity index (χ0v) is 22.0. The summed E-state index contributed by atoms with van der Waals surface area (Å²) in [4.78, 5) is 19.4. The summed E-state index contributed by atoms with van der Waals surface area (Å²) < 4.78 is 71.4. The van der Waals surface area contributed by atoms with E-state index in [9.17, 15) is 31.5 Å². The number of alkyl halides is 3. The maximum absolute atomic E-state index is 13.9. The van der Waals surface area contributed by atoms with Gasteiger partial charge in [-0.1, -0.05) is 18.2 Å². The number of para-hydroxylation sites is 2. The first kappa shape index (κ1) is 29.0. The summed E-state index contributed by atoms with van der Waals surface area (Å²) in [5, 5.41) is 9.39. The smallest absolute Gasteiger partial charge is 0.422 e. The number of hydrogen-bond donors (Lipinski definition) is 1. The van der Waals surface area contributed by atoms with E-state index < -0.39 is 28.8 Å². The predicted octanol–water partition coefficient (Wildman–Crippen LogP) is 5.76. The highest BCUT2D eigenvalue weighted by atomic mass is 32.2. The Bertz CT molecular complexity index is 1450. The molecule has 0 saturated carbocycles. The number of nitrogens with zero attached hydrogens (tertiary/aromatic N) is 3. The molecular formula is C25H24F3N3O5S2. The molecule has 1 aromatic heterocycles. The van der Waals surface area contributed by atoms with Crippen LogP contribution in [-0.4, -0.2) is 49.9 Å². The predicted molar refractivity (Wildman–Crippen MR) is 140 cm³/mol. The maximum atomic E-state index is 13.9. The molecule has 0 bridgehead atoms. The summed E-state index contributed by atoms with van der Waals surface area (Å²) in [5.74, 6) is -1.23. The lowest BCUT2D eigenvalue weighted by Crippen LogP contribution is -2.31. The molecule has 0 aliphatic carbocycles. The average molecular weight is 568 g/mol. The molecular weight excluding hydrogens is 543 g/mol. The third-order valence-electron chi connectivity index (χ3n) is 5.42. The fourth-order valence-corrected chi connectivity index (χ4v) is 6.51. The second-order valence-electron chi connectivity index (χ2n) is 8.05. The van der Waals surface area contributed by atoms with Gasteiger partial charge in [0.25, 0.3) is 10.0 Å². The number of ether oxygens (including phenoxy) is 1. The van der Waals surface area contributed by atoms with Crippen LogP contribution in [-0.2, 0) is 15.8 Å². The summed E-state index contributed by atoms with van der Waals surface area (Å²) in [7, 11) is -4.28. The van der Waals surface area contributed by atoms with Gasteiger partial charge in [-0.2, -0.15) is 13.2 Å². The molecule has 0 atom stereocenters. The van der Waals surface area contributed by atoms with Gasteiger partial charge in [-0.05, 0) is 56.5 Å². The van der Waals surface area contributed by atoms with Crippen molar-refractivity contribution in [1.82, 2.24) is 4.98 Å². The van der Waals surface area contributed by atoms with Crippen molar-refractivity contribution < 1.29 is 36.2 Å². The number of aromatic carboxylic acids is 1. The second kappa shape index (κ2) is 11.9. The van der Waals surface area contributed by atoms with Crippen LogP contribution in [0.5, 0.6) is 5.75 Å². The molecule has 0 aliphatic heterocycles. The molecule has 0 fully saturated rings. The van der Waals surface area contributed by atoms with Crippen LogP contribution in [0.3, 0.4) is 0 Å². The zero-order chi connectivity index (χ0) is 28.1. The molecule has 0 saturated heterocycles. The van der Waals surface area contributed by atoms with Gasteiger partial charge in [0.15, 0.2) is 6.61 Å². The van der Waals surface area contributed by atoms with Gasteiger partial charge < -0.3 is 9.84 Å². The van der Waals surface area contributed by atoms with E-state index in [0.29, 0.717) is 22.5 Å². The van der Waals surface area contributed by atoms with Crippen LogP contribution in [0.1, 0.15) is 27.2 Å². The molecule has 2 aromatic carbocycles. The minimum Gasteiger partial charge on any atom is -0.484 e. The first-order valence-electron chi connectivity index (χ1n) is 11.0. The summed E-state index contributed by atoms with van der Waals surface area (Å²) in [6.07, 6.45) is -3.18. The van der Waals surface area contributed by atoms with Crippen LogP contribution in [0.4, 0.5) is 24.5 Å². The van der Waals surface area contributed by atoms with E-state index in [1.54, 1.807) is 38.1 Å². The minimum absolute atomic E-state index is 0.0275. The van der Waals surface area contributed by atoms with Crippen LogP contribution in [0.15, 0.2) is 64.6 Å². The first-order valence-corrected chi connectivity index (χ1v) is 13.6. The Balaban J connectivity index is 1.95. The highest BCUT2D eigenvalue weighted by Gasteiger charge is 2.30. The van der Waals surface area contributed by atoms with Gasteiger partial charge in [-0.15, -0.1) is 11.8 Å². The lowest BCUT2D eigenvalue weighted by Gasteiger charge is -2.26. The van der Waals surface area contributed by atoms with Crippen molar-refractivity contribution in [3.8, 4) is 5.75 Å². The molecule has 0 unspecified atom stereocenters. The second-order valence-corrected chi connectivity index (χ2v) is 10.8. The standard InChI is InChI=1S/C25H24F3N3O5S2/c1-16-8-9-18(24(32)33)12-23(16)38(34,35)31(21-7-5-4-6-19(21)29-3)15-37-13-20-17(2)22(10-11-30-20)36-14-25(26,27)28/h4-12H,3,13-15H2,1-2H3,(H,32,33). The van der Waals surface area contributed by atoms with E-state index in [0.717, 1.165) is 22.1 Å². The summed E-state index contributed by atoms with van der Waals surface area (Å²) in [5.41, 5.74) is 1.50. The van der Waals surface area contributed by atoms with E-state index in [1.165, 1.54) is 24.4 Å². The van der Waals surface area contributed by atoms with E-state index in [-0.39, 0.29) is 33.5 Å². The van der Waals surface area contributed by atoms with Crippen molar-refractivity contribution in [2.75, 3.05) is 16.8 Å². The molecule has 3 rings (SSSR count). The Kier molecular flexibility index (Phi) is 9.05. The van der Waals surface area contributed by atoms with E-state index in [1.807, 2.05) is 0 Å². The van der Waals surface area contributed by atoms with E-state index in [2.05, 4.69) is 16.7 Å². The fraction of sp³-hybridized carbons (Fsp3) is 0.240.